The number of ether oxygens (including phenoxy) is 1. The summed E-state index contributed by atoms with van der Waals surface area (Å²) < 4.78 is 73.3. The molecule has 2 aromatic heterocycles. The number of methoxy groups -OCH3 is 1. The molecule has 3 aromatic rings. The van der Waals surface area contributed by atoms with E-state index in [0.29, 0.717) is 0 Å². The highest BCUT2D eigenvalue weighted by Gasteiger charge is 2.40. The molecule has 1 amide bonds. The molecule has 0 aliphatic carbocycles. The minimum Gasteiger partial charge on any atom is -0.493 e. The molecule has 5 nitrogen and oxygen atoms in total. The number of hydrogen-bond donors (Lipinski definition) is 1. The molecule has 142 valence electrons. The van der Waals surface area contributed by atoms with Crippen LogP contribution in [0.25, 0.3) is 5.65 Å². The summed E-state index contributed by atoms with van der Waals surface area (Å²) in [6.45, 7) is -0.633. The Hall–Kier alpha value is -3.17. The predicted molar refractivity (Wildman–Crippen MR) is 84.3 cm³/mol. The highest BCUT2D eigenvalue weighted by Crippen LogP contribution is 2.34. The van der Waals surface area contributed by atoms with Crippen LogP contribution in [-0.4, -0.2) is 22.4 Å². The average molecular weight is 385 g/mol. The standard InChI is InChI=1S/C17H12F5N3O2/c1-27-12-6-3-7-25-13(14(17(20,21)22)24-15(12)25)16(26)23-8-9-10(18)4-2-5-11(9)19/h2-7H,8H2,1H3,(H,23,26). The molecular formula is C17H12F5N3O2. The van der Waals surface area contributed by atoms with Gasteiger partial charge in [-0.25, -0.2) is 13.8 Å². The number of imidazole rings is 1. The van der Waals surface area contributed by atoms with Crippen molar-refractivity contribution in [3.05, 3.63) is 65.1 Å². The Balaban J connectivity index is 2.03. The number of nitrogens with zero attached hydrogens (tertiary/aromatic N) is 2. The van der Waals surface area contributed by atoms with Crippen LogP contribution in [0.2, 0.25) is 0 Å². The molecule has 0 radical (unpaired) electrons. The van der Waals surface area contributed by atoms with Gasteiger partial charge >= 0.3 is 6.18 Å². The molecule has 0 aliphatic rings. The van der Waals surface area contributed by atoms with Gasteiger partial charge in [0.1, 0.15) is 17.3 Å². The fraction of sp³-hybridized carbons (Fsp3) is 0.176. The number of alkyl halides is 3. The van der Waals surface area contributed by atoms with Crippen LogP contribution in [0.3, 0.4) is 0 Å². The zero-order valence-corrected chi connectivity index (χ0v) is 13.8. The number of fused-ring (bicyclic) bond motifs is 1. The van der Waals surface area contributed by atoms with Crippen LogP contribution in [0, 0.1) is 11.6 Å². The largest absolute Gasteiger partial charge is 0.493 e. The Labute approximate surface area is 149 Å². The second-order valence-electron chi connectivity index (χ2n) is 5.46. The zero-order valence-electron chi connectivity index (χ0n) is 13.8. The molecule has 0 bridgehead atoms. The van der Waals surface area contributed by atoms with Crippen LogP contribution in [0.4, 0.5) is 22.0 Å². The number of aromatic nitrogens is 2. The maximum atomic E-state index is 13.7. The van der Waals surface area contributed by atoms with Crippen LogP contribution >= 0.6 is 0 Å². The lowest BCUT2D eigenvalue weighted by atomic mass is 10.2. The summed E-state index contributed by atoms with van der Waals surface area (Å²) in [5.74, 6) is -3.01. The maximum Gasteiger partial charge on any atom is 0.435 e. The third-order valence-electron chi connectivity index (χ3n) is 3.81. The summed E-state index contributed by atoms with van der Waals surface area (Å²) in [6.07, 6.45) is -3.72. The monoisotopic (exact) mass is 385 g/mol. The van der Waals surface area contributed by atoms with Crippen LogP contribution in [0.5, 0.6) is 5.75 Å². The van der Waals surface area contributed by atoms with Gasteiger partial charge in [-0.1, -0.05) is 6.07 Å². The molecule has 3 rings (SSSR count). The lowest BCUT2D eigenvalue weighted by Gasteiger charge is -2.10. The summed E-state index contributed by atoms with van der Waals surface area (Å²) in [7, 11) is 1.25. The summed E-state index contributed by atoms with van der Waals surface area (Å²) in [5, 5.41) is 2.10. The third kappa shape index (κ3) is 3.42. The summed E-state index contributed by atoms with van der Waals surface area (Å²) in [5.41, 5.74) is -2.92. The molecule has 0 spiro atoms. The number of carbonyl (C=O) groups is 1. The van der Waals surface area contributed by atoms with Crippen molar-refractivity contribution in [2.24, 2.45) is 0 Å². The molecule has 0 fully saturated rings. The minimum absolute atomic E-state index is 0.0298. The van der Waals surface area contributed by atoms with E-state index in [9.17, 15) is 26.7 Å². The van der Waals surface area contributed by atoms with E-state index in [1.54, 1.807) is 0 Å². The Morgan fingerprint density at radius 2 is 1.85 bits per heavy atom. The van der Waals surface area contributed by atoms with E-state index in [2.05, 4.69) is 10.3 Å². The highest BCUT2D eigenvalue weighted by atomic mass is 19.4. The normalized spacial score (nSPS) is 11.6. The number of halogens is 5. The Kier molecular flexibility index (Phi) is 4.73. The first-order chi connectivity index (χ1) is 12.7. The fourth-order valence-corrected chi connectivity index (χ4v) is 2.57. The number of pyridine rings is 1. The molecule has 10 heteroatoms. The number of nitrogens with one attached hydrogen (secondary N) is 1. The van der Waals surface area contributed by atoms with Crippen molar-refractivity contribution in [2.75, 3.05) is 7.11 Å². The van der Waals surface area contributed by atoms with Crippen molar-refractivity contribution in [1.82, 2.24) is 14.7 Å². The van der Waals surface area contributed by atoms with Crippen LogP contribution < -0.4 is 10.1 Å². The lowest BCUT2D eigenvalue weighted by molar-refractivity contribution is -0.141. The quantitative estimate of drug-likeness (QED) is 0.699. The predicted octanol–water partition coefficient (Wildman–Crippen LogP) is 3.57. The van der Waals surface area contributed by atoms with Gasteiger partial charge in [0, 0.05) is 18.3 Å². The van der Waals surface area contributed by atoms with Gasteiger partial charge in [-0.15, -0.1) is 0 Å². The molecule has 0 saturated heterocycles. The van der Waals surface area contributed by atoms with Crippen molar-refractivity contribution in [1.29, 1.82) is 0 Å². The lowest BCUT2D eigenvalue weighted by Crippen LogP contribution is -2.27. The number of benzene rings is 1. The van der Waals surface area contributed by atoms with Crippen molar-refractivity contribution in [3.63, 3.8) is 0 Å². The molecular weight excluding hydrogens is 373 g/mol. The Bertz CT molecular complexity index is 993. The zero-order chi connectivity index (χ0) is 19.8. The van der Waals surface area contributed by atoms with Gasteiger partial charge in [-0.05, 0) is 24.3 Å². The second-order valence-corrected chi connectivity index (χ2v) is 5.46. The molecule has 0 unspecified atom stereocenters. The molecule has 0 aliphatic heterocycles. The summed E-state index contributed by atoms with van der Waals surface area (Å²) in [6, 6.07) is 5.85. The molecule has 0 saturated carbocycles. The number of hydrogen-bond acceptors (Lipinski definition) is 3. The number of carbonyl (C=O) groups excluding carboxylic acids is 1. The van der Waals surface area contributed by atoms with Crippen LogP contribution in [0.15, 0.2) is 36.5 Å². The van der Waals surface area contributed by atoms with Gasteiger partial charge in [0.15, 0.2) is 17.1 Å². The maximum absolute atomic E-state index is 13.7. The first-order valence-electron chi connectivity index (χ1n) is 7.57. The van der Waals surface area contributed by atoms with Crippen molar-refractivity contribution < 1.29 is 31.5 Å². The van der Waals surface area contributed by atoms with Crippen molar-refractivity contribution in [3.8, 4) is 5.75 Å². The second kappa shape index (κ2) is 6.86. The first-order valence-corrected chi connectivity index (χ1v) is 7.57. The van der Waals surface area contributed by atoms with E-state index in [4.69, 9.17) is 4.74 Å². The average Bonchev–Trinajstić information content (AvgIpc) is 3.01. The van der Waals surface area contributed by atoms with E-state index in [1.165, 1.54) is 25.4 Å². The highest BCUT2D eigenvalue weighted by molar-refractivity contribution is 5.95. The van der Waals surface area contributed by atoms with Gasteiger partial charge in [-0.3, -0.25) is 9.20 Å². The van der Waals surface area contributed by atoms with Crippen molar-refractivity contribution in [2.45, 2.75) is 12.7 Å². The van der Waals surface area contributed by atoms with E-state index in [-0.39, 0.29) is 11.4 Å². The summed E-state index contributed by atoms with van der Waals surface area (Å²) in [4.78, 5) is 15.9. The van der Waals surface area contributed by atoms with E-state index < -0.39 is 47.2 Å². The van der Waals surface area contributed by atoms with E-state index in [1.807, 2.05) is 0 Å². The van der Waals surface area contributed by atoms with E-state index in [0.717, 1.165) is 22.6 Å². The topological polar surface area (TPSA) is 55.6 Å². The fourth-order valence-electron chi connectivity index (χ4n) is 2.57. The van der Waals surface area contributed by atoms with Gasteiger partial charge in [0.2, 0.25) is 0 Å². The Morgan fingerprint density at radius 1 is 1.19 bits per heavy atom. The molecule has 0 atom stereocenters. The first kappa shape index (κ1) is 18.6. The smallest absolute Gasteiger partial charge is 0.435 e. The molecule has 1 N–H and O–H groups in total. The van der Waals surface area contributed by atoms with E-state index >= 15 is 0 Å². The third-order valence-corrected chi connectivity index (χ3v) is 3.81. The molecule has 2 heterocycles. The van der Waals surface area contributed by atoms with Gasteiger partial charge in [-0.2, -0.15) is 13.2 Å². The molecule has 27 heavy (non-hydrogen) atoms. The van der Waals surface area contributed by atoms with Gasteiger partial charge < -0.3 is 10.1 Å². The summed E-state index contributed by atoms with van der Waals surface area (Å²) >= 11 is 0. The number of rotatable bonds is 4. The van der Waals surface area contributed by atoms with Gasteiger partial charge in [0.25, 0.3) is 5.91 Å². The van der Waals surface area contributed by atoms with Crippen molar-refractivity contribution >= 4 is 11.6 Å². The van der Waals surface area contributed by atoms with Gasteiger partial charge in [0.05, 0.1) is 7.11 Å². The van der Waals surface area contributed by atoms with Crippen LogP contribution in [-0.2, 0) is 12.7 Å². The minimum atomic E-state index is -4.92. The Morgan fingerprint density at radius 3 is 2.44 bits per heavy atom. The molecule has 1 aromatic carbocycles. The SMILES string of the molecule is COc1cccn2c(C(=O)NCc3c(F)cccc3F)c(C(F)(F)F)nc12. The number of amides is 1. The van der Waals surface area contributed by atoms with Crippen LogP contribution in [0.1, 0.15) is 21.7 Å².